The zero-order valence-electron chi connectivity index (χ0n) is 11.3. The van der Waals surface area contributed by atoms with E-state index in [9.17, 15) is 0 Å². The van der Waals surface area contributed by atoms with Crippen molar-refractivity contribution in [3.05, 3.63) is 52.7 Å². The Morgan fingerprint density at radius 3 is 2.80 bits per heavy atom. The van der Waals surface area contributed by atoms with Crippen LogP contribution in [0.2, 0.25) is 0 Å². The molecule has 0 unspecified atom stereocenters. The van der Waals surface area contributed by atoms with Crippen molar-refractivity contribution in [3.63, 3.8) is 0 Å². The number of benzene rings is 1. The fourth-order valence-corrected chi connectivity index (χ4v) is 3.54. The lowest BCUT2D eigenvalue weighted by Crippen LogP contribution is -1.86. The summed E-state index contributed by atoms with van der Waals surface area (Å²) < 4.78 is 1.33. The summed E-state index contributed by atoms with van der Waals surface area (Å²) >= 11 is 3.38. The van der Waals surface area contributed by atoms with E-state index in [-0.39, 0.29) is 0 Å². The zero-order valence-corrected chi connectivity index (χ0v) is 13.0. The SMILES string of the molecule is CSc1nccc(/C=C/c2sc3ccccc3c2C)n1. The molecule has 0 saturated heterocycles. The smallest absolute Gasteiger partial charge is 0.187 e. The molecule has 0 fully saturated rings. The minimum Gasteiger partial charge on any atom is -0.231 e. The molecular weight excluding hydrogens is 284 g/mol. The number of hydrogen-bond donors (Lipinski definition) is 0. The number of nitrogens with zero attached hydrogens (tertiary/aromatic N) is 2. The second-order valence-electron chi connectivity index (χ2n) is 4.39. The second-order valence-corrected chi connectivity index (χ2v) is 6.25. The summed E-state index contributed by atoms with van der Waals surface area (Å²) in [6, 6.07) is 10.4. The minimum atomic E-state index is 0.806. The first-order valence-corrected chi connectivity index (χ1v) is 8.35. The van der Waals surface area contributed by atoms with Gasteiger partial charge in [-0.05, 0) is 48.4 Å². The standard InChI is InChI=1S/C16H14N2S2/c1-11-13-5-3-4-6-15(13)20-14(11)8-7-12-9-10-17-16(18-12)19-2/h3-10H,1-2H3/b8-7+. The molecule has 1 aromatic carbocycles. The fraction of sp³-hybridized carbons (Fsp3) is 0.125. The normalized spacial score (nSPS) is 11.5. The second kappa shape index (κ2) is 5.77. The summed E-state index contributed by atoms with van der Waals surface area (Å²) in [6.45, 7) is 2.17. The third-order valence-corrected chi connectivity index (χ3v) is 4.92. The van der Waals surface area contributed by atoms with Gasteiger partial charge in [0.25, 0.3) is 0 Å². The van der Waals surface area contributed by atoms with Gasteiger partial charge in [-0.2, -0.15) is 0 Å². The van der Waals surface area contributed by atoms with E-state index >= 15 is 0 Å². The first-order valence-electron chi connectivity index (χ1n) is 6.31. The lowest BCUT2D eigenvalue weighted by Gasteiger charge is -1.96. The van der Waals surface area contributed by atoms with Crippen LogP contribution in [0.1, 0.15) is 16.1 Å². The Kier molecular flexibility index (Phi) is 3.85. The Bertz CT molecular complexity index is 775. The third-order valence-electron chi connectivity index (χ3n) is 3.12. The molecule has 20 heavy (non-hydrogen) atoms. The van der Waals surface area contributed by atoms with E-state index in [1.54, 1.807) is 18.0 Å². The van der Waals surface area contributed by atoms with Gasteiger partial charge >= 0.3 is 0 Å². The van der Waals surface area contributed by atoms with Crippen molar-refractivity contribution < 1.29 is 0 Å². The average molecular weight is 298 g/mol. The van der Waals surface area contributed by atoms with E-state index in [1.165, 1.54) is 20.5 Å². The quantitative estimate of drug-likeness (QED) is 0.508. The third kappa shape index (κ3) is 2.62. The van der Waals surface area contributed by atoms with Crippen LogP contribution in [0.25, 0.3) is 22.2 Å². The maximum Gasteiger partial charge on any atom is 0.187 e. The van der Waals surface area contributed by atoms with Gasteiger partial charge in [0, 0.05) is 15.8 Å². The summed E-state index contributed by atoms with van der Waals surface area (Å²) in [4.78, 5) is 9.93. The van der Waals surface area contributed by atoms with Crippen LogP contribution >= 0.6 is 23.1 Å². The summed E-state index contributed by atoms with van der Waals surface area (Å²) in [5.74, 6) is 0. The van der Waals surface area contributed by atoms with E-state index in [4.69, 9.17) is 0 Å². The van der Waals surface area contributed by atoms with Crippen molar-refractivity contribution in [2.24, 2.45) is 0 Å². The highest BCUT2D eigenvalue weighted by Gasteiger charge is 2.05. The molecule has 2 aromatic heterocycles. The number of thioether (sulfide) groups is 1. The molecular formula is C16H14N2S2. The van der Waals surface area contributed by atoms with Gasteiger partial charge in [0.15, 0.2) is 5.16 Å². The Morgan fingerprint density at radius 1 is 1.15 bits per heavy atom. The molecule has 100 valence electrons. The highest BCUT2D eigenvalue weighted by molar-refractivity contribution is 7.98. The van der Waals surface area contributed by atoms with Crippen LogP contribution in [-0.4, -0.2) is 16.2 Å². The van der Waals surface area contributed by atoms with Crippen molar-refractivity contribution in [2.45, 2.75) is 12.1 Å². The van der Waals surface area contributed by atoms with E-state index in [0.717, 1.165) is 10.9 Å². The van der Waals surface area contributed by atoms with Crippen LogP contribution < -0.4 is 0 Å². The van der Waals surface area contributed by atoms with Gasteiger partial charge in [0.05, 0.1) is 5.69 Å². The van der Waals surface area contributed by atoms with E-state index in [2.05, 4.69) is 53.3 Å². The van der Waals surface area contributed by atoms with Crippen LogP contribution in [0.3, 0.4) is 0 Å². The first-order chi connectivity index (χ1) is 9.78. The van der Waals surface area contributed by atoms with Crippen molar-refractivity contribution in [1.82, 2.24) is 9.97 Å². The lowest BCUT2D eigenvalue weighted by molar-refractivity contribution is 0.961. The number of thiophene rings is 1. The van der Waals surface area contributed by atoms with Crippen molar-refractivity contribution in [1.29, 1.82) is 0 Å². The van der Waals surface area contributed by atoms with Crippen LogP contribution in [-0.2, 0) is 0 Å². The molecule has 0 atom stereocenters. The Morgan fingerprint density at radius 2 is 2.00 bits per heavy atom. The van der Waals surface area contributed by atoms with E-state index in [1.807, 2.05) is 23.7 Å². The first kappa shape index (κ1) is 13.3. The average Bonchev–Trinajstić information content (AvgIpc) is 2.82. The predicted molar refractivity (Wildman–Crippen MR) is 89.3 cm³/mol. The number of aryl methyl sites for hydroxylation is 1. The van der Waals surface area contributed by atoms with Gasteiger partial charge < -0.3 is 0 Å². The van der Waals surface area contributed by atoms with Gasteiger partial charge in [0.2, 0.25) is 0 Å². The van der Waals surface area contributed by atoms with Crippen molar-refractivity contribution >= 4 is 45.3 Å². The van der Waals surface area contributed by atoms with Crippen LogP contribution in [0.4, 0.5) is 0 Å². The predicted octanol–water partition coefficient (Wildman–Crippen LogP) is 4.89. The molecule has 0 amide bonds. The molecule has 4 heteroatoms. The molecule has 0 radical (unpaired) electrons. The molecule has 2 nitrogen and oxygen atoms in total. The highest BCUT2D eigenvalue weighted by atomic mass is 32.2. The molecule has 0 aliphatic heterocycles. The Labute approximate surface area is 126 Å². The minimum absolute atomic E-state index is 0.806. The van der Waals surface area contributed by atoms with Gasteiger partial charge in [-0.15, -0.1) is 11.3 Å². The van der Waals surface area contributed by atoms with Crippen LogP contribution in [0.15, 0.2) is 41.7 Å². The van der Waals surface area contributed by atoms with Crippen LogP contribution in [0, 0.1) is 6.92 Å². The number of aromatic nitrogens is 2. The maximum absolute atomic E-state index is 4.46. The lowest BCUT2D eigenvalue weighted by atomic mass is 10.1. The molecule has 2 heterocycles. The molecule has 0 N–H and O–H groups in total. The molecule has 0 spiro atoms. The Hall–Kier alpha value is -1.65. The molecule has 3 aromatic rings. The molecule has 0 saturated carbocycles. The fourth-order valence-electron chi connectivity index (χ4n) is 2.06. The van der Waals surface area contributed by atoms with Crippen LogP contribution in [0.5, 0.6) is 0 Å². The number of rotatable bonds is 3. The summed E-state index contributed by atoms with van der Waals surface area (Å²) in [5, 5.41) is 2.14. The number of fused-ring (bicyclic) bond motifs is 1. The summed E-state index contributed by atoms with van der Waals surface area (Å²) in [5.41, 5.74) is 2.28. The highest BCUT2D eigenvalue weighted by Crippen LogP contribution is 2.31. The zero-order chi connectivity index (χ0) is 13.9. The monoisotopic (exact) mass is 298 g/mol. The van der Waals surface area contributed by atoms with Gasteiger partial charge in [-0.25, -0.2) is 9.97 Å². The molecule has 0 aliphatic carbocycles. The van der Waals surface area contributed by atoms with Crippen molar-refractivity contribution in [2.75, 3.05) is 6.26 Å². The number of hydrogen-bond acceptors (Lipinski definition) is 4. The topological polar surface area (TPSA) is 25.8 Å². The maximum atomic E-state index is 4.46. The summed E-state index contributed by atoms with van der Waals surface area (Å²) in [6.07, 6.45) is 7.99. The van der Waals surface area contributed by atoms with Crippen molar-refractivity contribution in [3.8, 4) is 0 Å². The summed E-state index contributed by atoms with van der Waals surface area (Å²) in [7, 11) is 0. The van der Waals surface area contributed by atoms with Gasteiger partial charge in [0.1, 0.15) is 0 Å². The van der Waals surface area contributed by atoms with Gasteiger partial charge in [-0.1, -0.05) is 30.0 Å². The Balaban J connectivity index is 1.95. The molecule has 3 rings (SSSR count). The van der Waals surface area contributed by atoms with E-state index < -0.39 is 0 Å². The largest absolute Gasteiger partial charge is 0.231 e. The molecule has 0 aliphatic rings. The van der Waals surface area contributed by atoms with Gasteiger partial charge in [-0.3, -0.25) is 0 Å². The molecule has 0 bridgehead atoms. The van der Waals surface area contributed by atoms with E-state index in [0.29, 0.717) is 0 Å².